The predicted molar refractivity (Wildman–Crippen MR) is 109 cm³/mol. The molecule has 2 atom stereocenters. The van der Waals surface area contributed by atoms with E-state index in [1.54, 1.807) is 31.6 Å². The predicted octanol–water partition coefficient (Wildman–Crippen LogP) is 3.77. The maximum atomic E-state index is 14.3. The number of halogens is 1. The first-order valence-electron chi connectivity index (χ1n) is 9.11. The van der Waals surface area contributed by atoms with Crippen molar-refractivity contribution in [3.63, 3.8) is 0 Å². The summed E-state index contributed by atoms with van der Waals surface area (Å²) in [5.74, 6) is -0.329. The van der Waals surface area contributed by atoms with Crippen LogP contribution in [-0.2, 0) is 4.74 Å². The molecule has 1 aliphatic rings. The highest BCUT2D eigenvalue weighted by molar-refractivity contribution is 7.19. The Bertz CT molecular complexity index is 941. The van der Waals surface area contributed by atoms with Gasteiger partial charge in [0.05, 0.1) is 18.0 Å². The van der Waals surface area contributed by atoms with Crippen LogP contribution in [0.2, 0.25) is 0 Å². The molecular formula is C19H23FN5OP. The molecule has 0 spiro atoms. The second-order valence-corrected chi connectivity index (χ2v) is 7.36. The lowest BCUT2D eigenvalue weighted by molar-refractivity contribution is 0.0231. The van der Waals surface area contributed by atoms with Gasteiger partial charge in [0.1, 0.15) is 11.5 Å². The summed E-state index contributed by atoms with van der Waals surface area (Å²) >= 11 is 0. The van der Waals surface area contributed by atoms with Gasteiger partial charge in [-0.2, -0.15) is 0 Å². The Kier molecular flexibility index (Phi) is 5.23. The van der Waals surface area contributed by atoms with Crippen LogP contribution in [0.1, 0.15) is 19.3 Å². The van der Waals surface area contributed by atoms with Crippen molar-refractivity contribution in [3.05, 3.63) is 42.5 Å². The minimum Gasteiger partial charge on any atom is -0.388 e. The number of pyridine rings is 1. The Morgan fingerprint density at radius 3 is 3.04 bits per heavy atom. The molecule has 0 radical (unpaired) electrons. The molecule has 2 unspecified atom stereocenters. The lowest BCUT2D eigenvalue weighted by Gasteiger charge is -2.28. The molecule has 1 aromatic carbocycles. The second kappa shape index (κ2) is 7.79. The normalized spacial score (nSPS) is 17.2. The van der Waals surface area contributed by atoms with Gasteiger partial charge < -0.3 is 14.7 Å². The molecule has 142 valence electrons. The van der Waals surface area contributed by atoms with Gasteiger partial charge in [-0.25, -0.2) is 14.1 Å². The molecule has 1 fully saturated rings. The molecular weight excluding hydrogens is 364 g/mol. The van der Waals surface area contributed by atoms with Crippen LogP contribution in [0.3, 0.4) is 0 Å². The van der Waals surface area contributed by atoms with E-state index in [4.69, 9.17) is 4.74 Å². The third-order valence-electron chi connectivity index (χ3n) is 4.83. The Labute approximate surface area is 160 Å². The van der Waals surface area contributed by atoms with Crippen LogP contribution in [0.15, 0.2) is 36.7 Å². The van der Waals surface area contributed by atoms with Crippen LogP contribution in [-0.4, -0.2) is 41.1 Å². The number of hydrogen-bond acceptors (Lipinski definition) is 5. The minimum absolute atomic E-state index is 0.244. The SMILES string of the molecule is CNc1ccc(F)c(-n2cc3cc(N(P)CC4CCCCO4)cnc3n2)c1. The molecule has 0 saturated carbocycles. The van der Waals surface area contributed by atoms with Gasteiger partial charge >= 0.3 is 0 Å². The van der Waals surface area contributed by atoms with Gasteiger partial charge in [0.2, 0.25) is 0 Å². The van der Waals surface area contributed by atoms with Crippen molar-refractivity contribution in [2.24, 2.45) is 0 Å². The van der Waals surface area contributed by atoms with E-state index in [9.17, 15) is 4.39 Å². The molecule has 1 N–H and O–H groups in total. The van der Waals surface area contributed by atoms with Crippen molar-refractivity contribution < 1.29 is 9.13 Å². The van der Waals surface area contributed by atoms with E-state index in [0.29, 0.717) is 11.3 Å². The van der Waals surface area contributed by atoms with E-state index in [2.05, 4.69) is 29.5 Å². The Hall–Kier alpha value is -2.24. The topological polar surface area (TPSA) is 55.2 Å². The van der Waals surface area contributed by atoms with Crippen molar-refractivity contribution in [2.45, 2.75) is 25.4 Å². The Morgan fingerprint density at radius 2 is 2.26 bits per heavy atom. The largest absolute Gasteiger partial charge is 0.388 e. The van der Waals surface area contributed by atoms with Crippen molar-refractivity contribution in [1.82, 2.24) is 14.8 Å². The molecule has 0 aliphatic carbocycles. The summed E-state index contributed by atoms with van der Waals surface area (Å²) in [7, 11) is 4.54. The quantitative estimate of drug-likeness (QED) is 0.676. The molecule has 27 heavy (non-hydrogen) atoms. The number of fused-ring (bicyclic) bond motifs is 1. The molecule has 0 bridgehead atoms. The van der Waals surface area contributed by atoms with Crippen LogP contribution in [0, 0.1) is 5.82 Å². The summed E-state index contributed by atoms with van der Waals surface area (Å²) in [5, 5.41) is 8.30. The lowest BCUT2D eigenvalue weighted by Crippen LogP contribution is -2.30. The molecule has 3 aromatic rings. The molecule has 1 aliphatic heterocycles. The number of rotatable bonds is 5. The number of benzene rings is 1. The standard InChI is InChI=1S/C19H23FN5OP/c1-21-14-5-6-17(20)18(9-14)24-11-13-8-15(10-22-19(13)23-24)25(27)12-16-4-2-3-7-26-16/h5-6,8-11,16,21H,2-4,7,12,27H2,1H3. The van der Waals surface area contributed by atoms with Gasteiger partial charge in [-0.3, -0.25) is 0 Å². The van der Waals surface area contributed by atoms with E-state index in [1.165, 1.54) is 17.2 Å². The van der Waals surface area contributed by atoms with Crippen molar-refractivity contribution in [3.8, 4) is 5.69 Å². The van der Waals surface area contributed by atoms with Gasteiger partial charge in [0.25, 0.3) is 0 Å². The van der Waals surface area contributed by atoms with Crippen molar-refractivity contribution in [2.75, 3.05) is 30.2 Å². The van der Waals surface area contributed by atoms with Crippen LogP contribution in [0.5, 0.6) is 0 Å². The smallest absolute Gasteiger partial charge is 0.181 e. The molecule has 8 heteroatoms. The molecule has 3 heterocycles. The fraction of sp³-hybridized carbons (Fsp3) is 0.368. The first-order chi connectivity index (χ1) is 13.1. The number of nitrogens with zero attached hydrogens (tertiary/aromatic N) is 4. The van der Waals surface area contributed by atoms with E-state index < -0.39 is 0 Å². The number of nitrogens with one attached hydrogen (secondary N) is 1. The fourth-order valence-corrected chi connectivity index (χ4v) is 3.68. The van der Waals surface area contributed by atoms with Crippen LogP contribution in [0.4, 0.5) is 15.8 Å². The van der Waals surface area contributed by atoms with Gasteiger partial charge in [-0.1, -0.05) is 0 Å². The highest BCUT2D eigenvalue weighted by atomic mass is 31.0. The highest BCUT2D eigenvalue weighted by Crippen LogP contribution is 2.26. The van der Waals surface area contributed by atoms with E-state index in [1.807, 2.05) is 6.07 Å². The molecule has 1 saturated heterocycles. The fourth-order valence-electron chi connectivity index (χ4n) is 3.30. The third kappa shape index (κ3) is 3.89. The monoisotopic (exact) mass is 387 g/mol. The zero-order valence-corrected chi connectivity index (χ0v) is 16.4. The maximum Gasteiger partial charge on any atom is 0.181 e. The Morgan fingerprint density at radius 1 is 1.37 bits per heavy atom. The Balaban J connectivity index is 1.60. The summed E-state index contributed by atoms with van der Waals surface area (Å²) in [5.41, 5.74) is 2.76. The summed E-state index contributed by atoms with van der Waals surface area (Å²) < 4.78 is 23.7. The number of anilines is 2. The molecule has 2 aromatic heterocycles. The van der Waals surface area contributed by atoms with Crippen molar-refractivity contribution >= 4 is 31.8 Å². The maximum absolute atomic E-state index is 14.3. The molecule has 0 amide bonds. The second-order valence-electron chi connectivity index (χ2n) is 6.74. The molecule has 4 rings (SSSR count). The average molecular weight is 387 g/mol. The number of hydrogen-bond donors (Lipinski definition) is 1. The summed E-state index contributed by atoms with van der Waals surface area (Å²) in [4.78, 5) is 4.45. The van der Waals surface area contributed by atoms with Gasteiger partial charge in [0.15, 0.2) is 5.65 Å². The van der Waals surface area contributed by atoms with Crippen LogP contribution < -0.4 is 9.99 Å². The first-order valence-corrected chi connectivity index (χ1v) is 9.62. The van der Waals surface area contributed by atoms with E-state index >= 15 is 0 Å². The number of ether oxygens (including phenoxy) is 1. The summed E-state index contributed by atoms with van der Waals surface area (Å²) in [6.45, 7) is 1.63. The van der Waals surface area contributed by atoms with Crippen LogP contribution >= 0.6 is 9.39 Å². The lowest BCUT2D eigenvalue weighted by atomic mass is 10.1. The zero-order chi connectivity index (χ0) is 18.8. The number of aromatic nitrogens is 3. The highest BCUT2D eigenvalue weighted by Gasteiger charge is 2.17. The summed E-state index contributed by atoms with van der Waals surface area (Å²) in [6.07, 6.45) is 7.28. The van der Waals surface area contributed by atoms with Gasteiger partial charge in [-0.05, 0) is 52.9 Å². The van der Waals surface area contributed by atoms with Gasteiger partial charge in [0, 0.05) is 37.5 Å². The third-order valence-corrected chi connectivity index (χ3v) is 5.34. The summed E-state index contributed by atoms with van der Waals surface area (Å²) in [6, 6.07) is 6.87. The minimum atomic E-state index is -0.329. The van der Waals surface area contributed by atoms with E-state index in [0.717, 1.165) is 42.8 Å². The van der Waals surface area contributed by atoms with Crippen LogP contribution in [0.25, 0.3) is 16.7 Å². The zero-order valence-electron chi connectivity index (χ0n) is 15.2. The van der Waals surface area contributed by atoms with Crippen molar-refractivity contribution in [1.29, 1.82) is 0 Å². The first kappa shape index (κ1) is 18.1. The average Bonchev–Trinajstić information content (AvgIpc) is 3.12. The van der Waals surface area contributed by atoms with Gasteiger partial charge in [-0.15, -0.1) is 5.10 Å². The molecule has 6 nitrogen and oxygen atoms in total. The van der Waals surface area contributed by atoms with E-state index in [-0.39, 0.29) is 11.9 Å².